The van der Waals surface area contributed by atoms with Crippen LogP contribution in [-0.2, 0) is 0 Å². The van der Waals surface area contributed by atoms with Crippen LogP contribution in [-0.4, -0.2) is 34.3 Å². The van der Waals surface area contributed by atoms with Crippen LogP contribution in [0.25, 0.3) is 17.1 Å². The highest BCUT2D eigenvalue weighted by atomic mass is 15.5. The smallest absolute Gasteiger partial charge is 0.187 e. The van der Waals surface area contributed by atoms with Crippen LogP contribution in [0.15, 0.2) is 54.6 Å². The molecule has 2 aromatic carbocycles. The van der Waals surface area contributed by atoms with E-state index in [0.29, 0.717) is 0 Å². The summed E-state index contributed by atoms with van der Waals surface area (Å²) < 4.78 is 1.74. The first kappa shape index (κ1) is 12.3. The quantitative estimate of drug-likeness (QED) is 0.729. The summed E-state index contributed by atoms with van der Waals surface area (Å²) in [5.74, 6) is 0.738. The molecule has 1 heterocycles. The summed E-state index contributed by atoms with van der Waals surface area (Å²) in [7, 11) is 4.03. The van der Waals surface area contributed by atoms with Crippen molar-refractivity contribution < 1.29 is 0 Å². The second-order valence-electron chi connectivity index (χ2n) is 4.69. The van der Waals surface area contributed by atoms with Crippen LogP contribution >= 0.6 is 0 Å². The molecule has 3 rings (SSSR count). The molecule has 0 bridgehead atoms. The zero-order chi connectivity index (χ0) is 13.9. The van der Waals surface area contributed by atoms with E-state index in [0.717, 1.165) is 22.8 Å². The Balaban J connectivity index is 2.01. The first-order valence-electron chi connectivity index (χ1n) is 6.37. The third-order valence-electron chi connectivity index (χ3n) is 3.11. The fourth-order valence-corrected chi connectivity index (χ4v) is 2.02. The molecule has 20 heavy (non-hydrogen) atoms. The molecule has 0 saturated heterocycles. The summed E-state index contributed by atoms with van der Waals surface area (Å²) >= 11 is 0. The maximum atomic E-state index is 4.13. The Morgan fingerprint density at radius 3 is 2.25 bits per heavy atom. The first-order chi connectivity index (χ1) is 9.75. The standard InChI is InChI=1S/C15H15N5/c1-19(2)13-10-8-12(9-11-13)15-16-17-18-20(15)14-6-4-3-5-7-14/h3-11H,1-2H3. The molecule has 1 aromatic heterocycles. The number of anilines is 1. The van der Waals surface area contributed by atoms with Crippen molar-refractivity contribution in [1.29, 1.82) is 0 Å². The number of hydrogen-bond donors (Lipinski definition) is 0. The molecule has 0 spiro atoms. The van der Waals surface area contributed by atoms with Crippen molar-refractivity contribution in [3.63, 3.8) is 0 Å². The lowest BCUT2D eigenvalue weighted by Gasteiger charge is -2.12. The van der Waals surface area contributed by atoms with Gasteiger partial charge in [0.25, 0.3) is 0 Å². The van der Waals surface area contributed by atoms with Crippen molar-refractivity contribution in [1.82, 2.24) is 20.2 Å². The van der Waals surface area contributed by atoms with E-state index in [4.69, 9.17) is 0 Å². The summed E-state index contributed by atoms with van der Waals surface area (Å²) in [4.78, 5) is 2.06. The Morgan fingerprint density at radius 2 is 1.60 bits per heavy atom. The fourth-order valence-electron chi connectivity index (χ4n) is 2.02. The molecule has 5 nitrogen and oxygen atoms in total. The van der Waals surface area contributed by atoms with E-state index in [2.05, 4.69) is 32.6 Å². The van der Waals surface area contributed by atoms with E-state index < -0.39 is 0 Å². The van der Waals surface area contributed by atoms with Crippen LogP contribution in [0, 0.1) is 0 Å². The minimum Gasteiger partial charge on any atom is -0.378 e. The van der Waals surface area contributed by atoms with E-state index >= 15 is 0 Å². The van der Waals surface area contributed by atoms with Gasteiger partial charge < -0.3 is 4.90 Å². The van der Waals surface area contributed by atoms with Crippen molar-refractivity contribution in [2.24, 2.45) is 0 Å². The number of hydrogen-bond acceptors (Lipinski definition) is 4. The van der Waals surface area contributed by atoms with Gasteiger partial charge in [0.05, 0.1) is 5.69 Å². The summed E-state index contributed by atoms with van der Waals surface area (Å²) in [5.41, 5.74) is 3.08. The number of tetrazole rings is 1. The summed E-state index contributed by atoms with van der Waals surface area (Å²) in [5, 5.41) is 12.0. The predicted octanol–water partition coefficient (Wildman–Crippen LogP) is 2.40. The van der Waals surface area contributed by atoms with Crippen molar-refractivity contribution in [3.8, 4) is 17.1 Å². The second kappa shape index (κ2) is 5.13. The lowest BCUT2D eigenvalue weighted by molar-refractivity contribution is 0.791. The van der Waals surface area contributed by atoms with Gasteiger partial charge in [-0.1, -0.05) is 18.2 Å². The summed E-state index contributed by atoms with van der Waals surface area (Å²) in [6.07, 6.45) is 0. The normalized spacial score (nSPS) is 10.5. The minimum absolute atomic E-state index is 0.738. The number of benzene rings is 2. The number of rotatable bonds is 3. The van der Waals surface area contributed by atoms with Crippen LogP contribution in [0.4, 0.5) is 5.69 Å². The van der Waals surface area contributed by atoms with Crippen LogP contribution in [0.5, 0.6) is 0 Å². The van der Waals surface area contributed by atoms with E-state index in [1.165, 1.54) is 0 Å². The number of para-hydroxylation sites is 1. The predicted molar refractivity (Wildman–Crippen MR) is 78.9 cm³/mol. The van der Waals surface area contributed by atoms with Gasteiger partial charge in [0.2, 0.25) is 0 Å². The molecule has 0 atom stereocenters. The highest BCUT2D eigenvalue weighted by Gasteiger charge is 2.10. The molecule has 0 N–H and O–H groups in total. The molecule has 100 valence electrons. The van der Waals surface area contributed by atoms with Gasteiger partial charge in [-0.05, 0) is 46.8 Å². The fraction of sp³-hybridized carbons (Fsp3) is 0.133. The van der Waals surface area contributed by atoms with Gasteiger partial charge in [0, 0.05) is 25.3 Å². The van der Waals surface area contributed by atoms with Gasteiger partial charge in [0.15, 0.2) is 5.82 Å². The average molecular weight is 265 g/mol. The zero-order valence-corrected chi connectivity index (χ0v) is 11.4. The van der Waals surface area contributed by atoms with E-state index in [1.54, 1.807) is 4.68 Å². The molecule has 0 aliphatic rings. The van der Waals surface area contributed by atoms with Crippen LogP contribution in [0.3, 0.4) is 0 Å². The van der Waals surface area contributed by atoms with Crippen LogP contribution in [0.1, 0.15) is 0 Å². The minimum atomic E-state index is 0.738. The van der Waals surface area contributed by atoms with E-state index in [-0.39, 0.29) is 0 Å². The molecular formula is C15H15N5. The van der Waals surface area contributed by atoms with Gasteiger partial charge in [0.1, 0.15) is 0 Å². The molecule has 0 aliphatic carbocycles. The average Bonchev–Trinajstić information content (AvgIpc) is 2.97. The highest BCUT2D eigenvalue weighted by molar-refractivity contribution is 5.61. The third-order valence-corrected chi connectivity index (χ3v) is 3.11. The Morgan fingerprint density at radius 1 is 0.900 bits per heavy atom. The molecule has 0 unspecified atom stereocenters. The highest BCUT2D eigenvalue weighted by Crippen LogP contribution is 2.22. The van der Waals surface area contributed by atoms with Gasteiger partial charge >= 0.3 is 0 Å². The summed E-state index contributed by atoms with van der Waals surface area (Å²) in [6, 6.07) is 18.0. The first-order valence-corrected chi connectivity index (χ1v) is 6.37. The Kier molecular flexibility index (Phi) is 3.16. The van der Waals surface area contributed by atoms with Crippen LogP contribution in [0.2, 0.25) is 0 Å². The van der Waals surface area contributed by atoms with Crippen molar-refractivity contribution in [2.45, 2.75) is 0 Å². The molecule has 5 heteroatoms. The third kappa shape index (κ3) is 2.25. The largest absolute Gasteiger partial charge is 0.378 e. The molecule has 0 aliphatic heterocycles. The Hall–Kier alpha value is -2.69. The topological polar surface area (TPSA) is 46.8 Å². The van der Waals surface area contributed by atoms with Crippen molar-refractivity contribution in [2.75, 3.05) is 19.0 Å². The van der Waals surface area contributed by atoms with Gasteiger partial charge in [-0.15, -0.1) is 5.10 Å². The van der Waals surface area contributed by atoms with E-state index in [1.807, 2.05) is 56.6 Å². The molecule has 0 radical (unpaired) electrons. The van der Waals surface area contributed by atoms with Gasteiger partial charge in [-0.25, -0.2) is 0 Å². The Labute approximate surface area is 117 Å². The van der Waals surface area contributed by atoms with Gasteiger partial charge in [-0.3, -0.25) is 0 Å². The zero-order valence-electron chi connectivity index (χ0n) is 11.4. The summed E-state index contributed by atoms with van der Waals surface area (Å²) in [6.45, 7) is 0. The van der Waals surface area contributed by atoms with Gasteiger partial charge in [-0.2, -0.15) is 4.68 Å². The molecule has 0 amide bonds. The lowest BCUT2D eigenvalue weighted by atomic mass is 10.2. The van der Waals surface area contributed by atoms with Crippen LogP contribution < -0.4 is 4.90 Å². The van der Waals surface area contributed by atoms with Crippen molar-refractivity contribution >= 4 is 5.69 Å². The van der Waals surface area contributed by atoms with Crippen molar-refractivity contribution in [3.05, 3.63) is 54.6 Å². The monoisotopic (exact) mass is 265 g/mol. The molecular weight excluding hydrogens is 250 g/mol. The van der Waals surface area contributed by atoms with E-state index in [9.17, 15) is 0 Å². The molecule has 0 fully saturated rings. The second-order valence-corrected chi connectivity index (χ2v) is 4.69. The maximum Gasteiger partial charge on any atom is 0.187 e. The number of aromatic nitrogens is 4. The lowest BCUT2D eigenvalue weighted by Crippen LogP contribution is -2.08. The molecule has 3 aromatic rings. The number of nitrogens with zero attached hydrogens (tertiary/aromatic N) is 5. The SMILES string of the molecule is CN(C)c1ccc(-c2nnnn2-c2ccccc2)cc1. The molecule has 0 saturated carbocycles. The maximum absolute atomic E-state index is 4.13. The Bertz CT molecular complexity index is 686.